The highest BCUT2D eigenvalue weighted by molar-refractivity contribution is 5.96. The van der Waals surface area contributed by atoms with Gasteiger partial charge in [-0.3, -0.25) is 14.6 Å². The maximum absolute atomic E-state index is 13.5. The average Bonchev–Trinajstić information content (AvgIpc) is 3.48. The molecular formula is C23H25N5O2. The second kappa shape index (κ2) is 8.90. The molecule has 154 valence electrons. The number of amides is 2. The van der Waals surface area contributed by atoms with Gasteiger partial charge in [0.25, 0.3) is 5.91 Å². The molecule has 3 aromatic rings. The molecule has 0 radical (unpaired) electrons. The molecule has 0 bridgehead atoms. The number of hydrogen-bond acceptors (Lipinski definition) is 4. The molecule has 1 fully saturated rings. The van der Waals surface area contributed by atoms with Crippen LogP contribution in [0.2, 0.25) is 0 Å². The van der Waals surface area contributed by atoms with Crippen molar-refractivity contribution in [2.75, 3.05) is 13.6 Å². The number of rotatable bonds is 6. The van der Waals surface area contributed by atoms with Crippen molar-refractivity contribution >= 4 is 11.8 Å². The molecule has 1 aliphatic carbocycles. The van der Waals surface area contributed by atoms with E-state index < -0.39 is 0 Å². The Hall–Kier alpha value is -3.48. The first-order chi connectivity index (χ1) is 14.7. The zero-order valence-electron chi connectivity index (χ0n) is 17.0. The number of nitrogens with zero attached hydrogens (tertiary/aromatic N) is 4. The van der Waals surface area contributed by atoms with Crippen molar-refractivity contribution in [3.63, 3.8) is 0 Å². The Kier molecular flexibility index (Phi) is 5.88. The molecule has 1 aliphatic rings. The van der Waals surface area contributed by atoms with E-state index in [1.54, 1.807) is 35.1 Å². The van der Waals surface area contributed by atoms with Crippen LogP contribution in [0.3, 0.4) is 0 Å². The summed E-state index contributed by atoms with van der Waals surface area (Å²) in [5.74, 6) is -0.393. The molecule has 0 atom stereocenters. The first-order valence-electron chi connectivity index (χ1n) is 10.2. The third kappa shape index (κ3) is 4.10. The molecule has 1 N–H and O–H groups in total. The molecular weight excluding hydrogens is 378 g/mol. The van der Waals surface area contributed by atoms with Gasteiger partial charge in [-0.2, -0.15) is 5.10 Å². The van der Waals surface area contributed by atoms with E-state index in [-0.39, 0.29) is 24.4 Å². The van der Waals surface area contributed by atoms with Crippen molar-refractivity contribution < 1.29 is 9.59 Å². The van der Waals surface area contributed by atoms with Gasteiger partial charge in [-0.05, 0) is 31.0 Å². The molecule has 4 rings (SSSR count). The molecule has 0 aliphatic heterocycles. The number of carbonyl (C=O) groups is 2. The largest absolute Gasteiger partial charge is 0.358 e. The zero-order valence-corrected chi connectivity index (χ0v) is 17.0. The Bertz CT molecular complexity index is 954. The van der Waals surface area contributed by atoms with E-state index in [9.17, 15) is 9.59 Å². The smallest absolute Gasteiger partial charge is 0.275 e. The molecule has 2 heterocycles. The number of nitrogens with one attached hydrogen (secondary N) is 1. The monoisotopic (exact) mass is 403 g/mol. The summed E-state index contributed by atoms with van der Waals surface area (Å²) in [4.78, 5) is 31.4. The standard InChI is InChI=1S/C23H25N5O2/c1-24-22(29)16-27(18-10-5-6-11-18)23(30)20-14-21(17-8-3-2-4-9-17)28(26-20)19-12-7-13-25-15-19/h2-4,7-9,12-15,18H,5-6,10-11,16H2,1H3,(H,24,29). The van der Waals surface area contributed by atoms with Crippen LogP contribution in [0, 0.1) is 0 Å². The number of benzene rings is 1. The summed E-state index contributed by atoms with van der Waals surface area (Å²) in [5, 5.41) is 7.26. The van der Waals surface area contributed by atoms with E-state index >= 15 is 0 Å². The van der Waals surface area contributed by atoms with Gasteiger partial charge in [0.05, 0.1) is 17.6 Å². The quantitative estimate of drug-likeness (QED) is 0.686. The van der Waals surface area contributed by atoms with Crippen molar-refractivity contribution in [3.8, 4) is 16.9 Å². The molecule has 2 amide bonds. The molecule has 1 aromatic carbocycles. The second-order valence-corrected chi connectivity index (χ2v) is 7.45. The van der Waals surface area contributed by atoms with Crippen LogP contribution in [-0.4, -0.2) is 51.1 Å². The number of carbonyl (C=O) groups excluding carboxylic acids is 2. The Balaban J connectivity index is 1.75. The average molecular weight is 403 g/mol. The zero-order chi connectivity index (χ0) is 20.9. The fourth-order valence-electron chi connectivity index (χ4n) is 3.94. The fraction of sp³-hybridized carbons (Fsp3) is 0.304. The fourth-order valence-corrected chi connectivity index (χ4v) is 3.94. The summed E-state index contributed by atoms with van der Waals surface area (Å²) >= 11 is 0. The maximum atomic E-state index is 13.5. The van der Waals surface area contributed by atoms with Gasteiger partial charge in [0.1, 0.15) is 6.54 Å². The Morgan fingerprint density at radius 1 is 1.13 bits per heavy atom. The summed E-state index contributed by atoms with van der Waals surface area (Å²) in [6.07, 6.45) is 7.39. The molecule has 2 aromatic heterocycles. The van der Waals surface area contributed by atoms with Crippen LogP contribution in [0.5, 0.6) is 0 Å². The minimum atomic E-state index is -0.217. The van der Waals surface area contributed by atoms with Crippen molar-refractivity contribution in [1.82, 2.24) is 25.0 Å². The first-order valence-corrected chi connectivity index (χ1v) is 10.2. The third-order valence-corrected chi connectivity index (χ3v) is 5.51. The number of aromatic nitrogens is 3. The van der Waals surface area contributed by atoms with Crippen LogP contribution in [0.1, 0.15) is 36.2 Å². The molecule has 0 saturated heterocycles. The molecule has 0 unspecified atom stereocenters. The molecule has 0 spiro atoms. The van der Waals surface area contributed by atoms with Gasteiger partial charge in [-0.25, -0.2) is 4.68 Å². The van der Waals surface area contributed by atoms with E-state index in [0.717, 1.165) is 42.6 Å². The van der Waals surface area contributed by atoms with Crippen molar-refractivity contribution in [3.05, 3.63) is 66.6 Å². The number of likely N-dealkylation sites (N-methyl/N-ethyl adjacent to an activating group) is 1. The Morgan fingerprint density at radius 3 is 2.57 bits per heavy atom. The predicted octanol–water partition coefficient (Wildman–Crippen LogP) is 3.07. The highest BCUT2D eigenvalue weighted by Crippen LogP contribution is 2.27. The molecule has 30 heavy (non-hydrogen) atoms. The summed E-state index contributed by atoms with van der Waals surface area (Å²) in [6, 6.07) is 15.4. The predicted molar refractivity (Wildman–Crippen MR) is 114 cm³/mol. The molecule has 1 saturated carbocycles. The summed E-state index contributed by atoms with van der Waals surface area (Å²) < 4.78 is 1.74. The number of pyridine rings is 1. The lowest BCUT2D eigenvalue weighted by Gasteiger charge is -2.27. The summed E-state index contributed by atoms with van der Waals surface area (Å²) in [7, 11) is 1.59. The van der Waals surface area contributed by atoms with E-state index in [2.05, 4.69) is 15.4 Å². The van der Waals surface area contributed by atoms with Gasteiger partial charge in [0, 0.05) is 24.8 Å². The minimum absolute atomic E-state index is 0.0421. The Morgan fingerprint density at radius 2 is 1.90 bits per heavy atom. The van der Waals surface area contributed by atoms with Crippen LogP contribution in [0.25, 0.3) is 16.9 Å². The first kappa shape index (κ1) is 19.8. The minimum Gasteiger partial charge on any atom is -0.358 e. The lowest BCUT2D eigenvalue weighted by atomic mass is 10.1. The number of hydrogen-bond donors (Lipinski definition) is 1. The lowest BCUT2D eigenvalue weighted by Crippen LogP contribution is -2.45. The highest BCUT2D eigenvalue weighted by atomic mass is 16.2. The normalized spacial score (nSPS) is 13.9. The van der Waals surface area contributed by atoms with Crippen molar-refractivity contribution in [2.45, 2.75) is 31.7 Å². The van der Waals surface area contributed by atoms with Gasteiger partial charge in [-0.1, -0.05) is 43.2 Å². The van der Waals surface area contributed by atoms with Gasteiger partial charge in [0.15, 0.2) is 5.69 Å². The van der Waals surface area contributed by atoms with Crippen LogP contribution in [0.4, 0.5) is 0 Å². The van der Waals surface area contributed by atoms with Crippen molar-refractivity contribution in [2.24, 2.45) is 0 Å². The second-order valence-electron chi connectivity index (χ2n) is 7.45. The van der Waals surface area contributed by atoms with Gasteiger partial charge in [0.2, 0.25) is 5.91 Å². The van der Waals surface area contributed by atoms with Crippen molar-refractivity contribution in [1.29, 1.82) is 0 Å². The van der Waals surface area contributed by atoms with Gasteiger partial charge >= 0.3 is 0 Å². The highest BCUT2D eigenvalue weighted by Gasteiger charge is 2.31. The van der Waals surface area contributed by atoms with E-state index in [4.69, 9.17) is 0 Å². The van der Waals surface area contributed by atoms with Crippen LogP contribution in [0.15, 0.2) is 60.9 Å². The third-order valence-electron chi connectivity index (χ3n) is 5.51. The van der Waals surface area contributed by atoms with Gasteiger partial charge in [-0.15, -0.1) is 0 Å². The topological polar surface area (TPSA) is 80.1 Å². The lowest BCUT2D eigenvalue weighted by molar-refractivity contribution is -0.121. The van der Waals surface area contributed by atoms with E-state index in [1.165, 1.54) is 0 Å². The summed E-state index contributed by atoms with van der Waals surface area (Å²) in [5.41, 5.74) is 2.85. The van der Waals surface area contributed by atoms with E-state index in [1.807, 2.05) is 42.5 Å². The SMILES string of the molecule is CNC(=O)CN(C(=O)c1cc(-c2ccccc2)n(-c2cccnc2)n1)C1CCCC1. The van der Waals surface area contributed by atoms with Gasteiger partial charge < -0.3 is 10.2 Å². The summed E-state index contributed by atoms with van der Waals surface area (Å²) in [6.45, 7) is 0.0421. The maximum Gasteiger partial charge on any atom is 0.275 e. The van der Waals surface area contributed by atoms with Crippen LogP contribution in [-0.2, 0) is 4.79 Å². The molecule has 7 nitrogen and oxygen atoms in total. The Labute approximate surface area is 175 Å². The molecule has 7 heteroatoms. The van der Waals surface area contributed by atoms with Crippen LogP contribution < -0.4 is 5.32 Å². The van der Waals surface area contributed by atoms with Crippen LogP contribution >= 0.6 is 0 Å². The van der Waals surface area contributed by atoms with E-state index in [0.29, 0.717) is 5.69 Å².